The maximum Gasteiger partial charge on any atom is 0.258 e. The number of fused-ring (bicyclic) bond motifs is 1. The Bertz CT molecular complexity index is 938. The van der Waals surface area contributed by atoms with E-state index >= 15 is 0 Å². The topological polar surface area (TPSA) is 79.8 Å². The fourth-order valence-corrected chi connectivity index (χ4v) is 3.80. The SMILES string of the molecule is CC(C)c1noc(CN2CCN(Cc3cc(=O)n4ccsc4n3)CC2)n1. The first kappa shape index (κ1) is 17.3. The van der Waals surface area contributed by atoms with Crippen LogP contribution in [0.5, 0.6) is 0 Å². The van der Waals surface area contributed by atoms with Gasteiger partial charge in [-0.15, -0.1) is 11.3 Å². The fraction of sp³-hybridized carbons (Fsp3) is 0.529. The number of hydrogen-bond acceptors (Lipinski definition) is 8. The van der Waals surface area contributed by atoms with Gasteiger partial charge in [0.15, 0.2) is 10.8 Å². The maximum atomic E-state index is 12.1. The predicted molar refractivity (Wildman–Crippen MR) is 98.3 cm³/mol. The molecule has 0 amide bonds. The van der Waals surface area contributed by atoms with E-state index in [0.717, 1.165) is 42.7 Å². The van der Waals surface area contributed by atoms with E-state index in [1.807, 2.05) is 5.38 Å². The number of nitrogens with zero attached hydrogens (tertiary/aromatic N) is 6. The van der Waals surface area contributed by atoms with Crippen molar-refractivity contribution in [1.29, 1.82) is 0 Å². The second-order valence-electron chi connectivity index (χ2n) is 6.89. The highest BCUT2D eigenvalue weighted by Gasteiger charge is 2.20. The third-order valence-corrected chi connectivity index (χ3v) is 5.32. The van der Waals surface area contributed by atoms with Crippen LogP contribution >= 0.6 is 11.3 Å². The van der Waals surface area contributed by atoms with Gasteiger partial charge in [-0.05, 0) is 0 Å². The van der Waals surface area contributed by atoms with Crippen LogP contribution in [-0.2, 0) is 13.1 Å². The van der Waals surface area contributed by atoms with Crippen LogP contribution in [0.25, 0.3) is 4.96 Å². The van der Waals surface area contributed by atoms with E-state index in [0.29, 0.717) is 19.0 Å². The molecule has 0 aliphatic carbocycles. The summed E-state index contributed by atoms with van der Waals surface area (Å²) in [5.74, 6) is 1.72. The van der Waals surface area contributed by atoms with Crippen LogP contribution in [0.4, 0.5) is 0 Å². The Hall–Kier alpha value is -2.10. The van der Waals surface area contributed by atoms with Gasteiger partial charge in [0.2, 0.25) is 5.89 Å². The molecule has 0 atom stereocenters. The molecule has 26 heavy (non-hydrogen) atoms. The van der Waals surface area contributed by atoms with Crippen molar-refractivity contribution in [3.63, 3.8) is 0 Å². The molecule has 1 aliphatic rings. The second kappa shape index (κ2) is 7.26. The van der Waals surface area contributed by atoms with Gasteiger partial charge in [0.05, 0.1) is 12.2 Å². The molecule has 3 aromatic heterocycles. The standard InChI is InChI=1S/C17H22N6O2S/c1-12(2)16-19-14(25-20-16)11-22-5-3-21(4-6-22)10-13-9-15(24)23-7-8-26-17(23)18-13/h7-9,12H,3-6,10-11H2,1-2H3. The smallest absolute Gasteiger partial charge is 0.258 e. The van der Waals surface area contributed by atoms with Crippen LogP contribution < -0.4 is 5.56 Å². The van der Waals surface area contributed by atoms with Crippen LogP contribution in [0.15, 0.2) is 27.0 Å². The van der Waals surface area contributed by atoms with Gasteiger partial charge in [0.25, 0.3) is 5.56 Å². The van der Waals surface area contributed by atoms with Crippen molar-refractivity contribution in [3.8, 4) is 0 Å². The molecule has 0 N–H and O–H groups in total. The molecule has 9 heteroatoms. The Labute approximate surface area is 155 Å². The minimum atomic E-state index is -0.0118. The highest BCUT2D eigenvalue weighted by atomic mass is 32.1. The molecule has 3 aromatic rings. The van der Waals surface area contributed by atoms with Crippen molar-refractivity contribution in [3.05, 3.63) is 45.4 Å². The van der Waals surface area contributed by atoms with Gasteiger partial charge in [0.1, 0.15) is 0 Å². The van der Waals surface area contributed by atoms with E-state index < -0.39 is 0 Å². The van der Waals surface area contributed by atoms with Crippen LogP contribution in [0.3, 0.4) is 0 Å². The van der Waals surface area contributed by atoms with Gasteiger partial charge < -0.3 is 4.52 Å². The molecule has 0 saturated carbocycles. The van der Waals surface area contributed by atoms with E-state index in [1.165, 1.54) is 11.3 Å². The molecular weight excluding hydrogens is 352 g/mol. The first-order chi connectivity index (χ1) is 12.6. The molecule has 0 radical (unpaired) electrons. The van der Waals surface area contributed by atoms with Gasteiger partial charge in [-0.3, -0.25) is 19.0 Å². The van der Waals surface area contributed by atoms with Gasteiger partial charge in [0, 0.05) is 56.3 Å². The zero-order valence-corrected chi connectivity index (χ0v) is 15.8. The fourth-order valence-electron chi connectivity index (χ4n) is 3.06. The van der Waals surface area contributed by atoms with Crippen LogP contribution in [0, 0.1) is 0 Å². The van der Waals surface area contributed by atoms with Crippen molar-refractivity contribution in [2.75, 3.05) is 26.2 Å². The highest BCUT2D eigenvalue weighted by Crippen LogP contribution is 2.13. The van der Waals surface area contributed by atoms with Crippen molar-refractivity contribution in [2.24, 2.45) is 0 Å². The Morgan fingerprint density at radius 1 is 1.15 bits per heavy atom. The van der Waals surface area contributed by atoms with Crippen molar-refractivity contribution in [2.45, 2.75) is 32.9 Å². The summed E-state index contributed by atoms with van der Waals surface area (Å²) in [7, 11) is 0. The molecule has 1 saturated heterocycles. The first-order valence-electron chi connectivity index (χ1n) is 8.81. The summed E-state index contributed by atoms with van der Waals surface area (Å²) in [6, 6.07) is 1.64. The zero-order chi connectivity index (χ0) is 18.1. The van der Waals surface area contributed by atoms with Crippen molar-refractivity contribution < 1.29 is 4.52 Å². The molecule has 138 valence electrons. The third-order valence-electron chi connectivity index (χ3n) is 4.57. The Balaban J connectivity index is 1.33. The summed E-state index contributed by atoms with van der Waals surface area (Å²) >= 11 is 1.49. The minimum Gasteiger partial charge on any atom is -0.338 e. The summed E-state index contributed by atoms with van der Waals surface area (Å²) in [6.45, 7) is 9.22. The van der Waals surface area contributed by atoms with E-state index in [1.54, 1.807) is 16.7 Å². The van der Waals surface area contributed by atoms with E-state index in [-0.39, 0.29) is 11.5 Å². The second-order valence-corrected chi connectivity index (χ2v) is 7.77. The molecule has 0 unspecified atom stereocenters. The Kier molecular flexibility index (Phi) is 4.84. The van der Waals surface area contributed by atoms with Crippen molar-refractivity contribution >= 4 is 16.3 Å². The third kappa shape index (κ3) is 3.69. The normalized spacial score (nSPS) is 16.7. The van der Waals surface area contributed by atoms with Gasteiger partial charge in [-0.1, -0.05) is 19.0 Å². The van der Waals surface area contributed by atoms with Crippen molar-refractivity contribution in [1.82, 2.24) is 29.3 Å². The van der Waals surface area contributed by atoms with E-state index in [2.05, 4.69) is 38.8 Å². The van der Waals surface area contributed by atoms with Gasteiger partial charge >= 0.3 is 0 Å². The quantitative estimate of drug-likeness (QED) is 0.671. The molecule has 0 aromatic carbocycles. The highest BCUT2D eigenvalue weighted by molar-refractivity contribution is 7.15. The molecular formula is C17H22N6O2S. The van der Waals surface area contributed by atoms with E-state index in [9.17, 15) is 4.79 Å². The molecule has 8 nitrogen and oxygen atoms in total. The number of thiazole rings is 1. The lowest BCUT2D eigenvalue weighted by Gasteiger charge is -2.33. The lowest BCUT2D eigenvalue weighted by Crippen LogP contribution is -2.45. The summed E-state index contributed by atoms with van der Waals surface area (Å²) < 4.78 is 6.92. The van der Waals surface area contributed by atoms with Gasteiger partial charge in [-0.2, -0.15) is 4.98 Å². The number of rotatable bonds is 5. The van der Waals surface area contributed by atoms with E-state index in [4.69, 9.17) is 4.52 Å². The molecule has 0 bridgehead atoms. The number of hydrogen-bond donors (Lipinski definition) is 0. The lowest BCUT2D eigenvalue weighted by atomic mass is 10.2. The van der Waals surface area contributed by atoms with Crippen LogP contribution in [0.1, 0.15) is 37.2 Å². The predicted octanol–water partition coefficient (Wildman–Crippen LogP) is 1.58. The maximum absolute atomic E-state index is 12.1. The average molecular weight is 374 g/mol. The van der Waals surface area contributed by atoms with Crippen LogP contribution in [0.2, 0.25) is 0 Å². The summed E-state index contributed by atoms with van der Waals surface area (Å²) in [5.41, 5.74) is 0.826. The number of aromatic nitrogens is 4. The molecule has 0 spiro atoms. The summed E-state index contributed by atoms with van der Waals surface area (Å²) in [6.07, 6.45) is 1.76. The first-order valence-corrected chi connectivity index (χ1v) is 9.69. The summed E-state index contributed by atoms with van der Waals surface area (Å²) in [5, 5.41) is 5.90. The molecule has 1 aliphatic heterocycles. The lowest BCUT2D eigenvalue weighted by molar-refractivity contribution is 0.111. The average Bonchev–Trinajstić information content (AvgIpc) is 3.26. The molecule has 1 fully saturated rings. The molecule has 4 rings (SSSR count). The van der Waals surface area contributed by atoms with Crippen LogP contribution in [-0.4, -0.2) is 55.5 Å². The number of piperazine rings is 1. The van der Waals surface area contributed by atoms with Gasteiger partial charge in [-0.25, -0.2) is 4.98 Å². The minimum absolute atomic E-state index is 0.0118. The Morgan fingerprint density at radius 2 is 1.88 bits per heavy atom. The largest absolute Gasteiger partial charge is 0.338 e. The zero-order valence-electron chi connectivity index (χ0n) is 15.0. The molecule has 4 heterocycles. The summed E-state index contributed by atoms with van der Waals surface area (Å²) in [4.78, 5) is 26.5. The Morgan fingerprint density at radius 3 is 2.58 bits per heavy atom. The monoisotopic (exact) mass is 374 g/mol.